The number of hydrogen-bond acceptors (Lipinski definition) is 6. The van der Waals surface area contributed by atoms with Crippen LogP contribution < -0.4 is 4.90 Å². The van der Waals surface area contributed by atoms with E-state index in [1.54, 1.807) is 12.4 Å². The van der Waals surface area contributed by atoms with E-state index in [2.05, 4.69) is 20.0 Å². The number of aromatic nitrogens is 3. The van der Waals surface area contributed by atoms with Crippen LogP contribution in [-0.4, -0.2) is 33.3 Å². The van der Waals surface area contributed by atoms with Gasteiger partial charge in [0.25, 0.3) is 0 Å². The van der Waals surface area contributed by atoms with Crippen LogP contribution in [0, 0.1) is 0 Å². The van der Waals surface area contributed by atoms with Crippen LogP contribution in [0.5, 0.6) is 0 Å². The Morgan fingerprint density at radius 3 is 2.68 bits per heavy atom. The highest BCUT2D eigenvalue weighted by molar-refractivity contribution is 5.54. The zero-order valence-corrected chi connectivity index (χ0v) is 13.9. The Morgan fingerprint density at radius 2 is 1.92 bits per heavy atom. The number of nitrogens with zero attached hydrogens (tertiary/aromatic N) is 4. The van der Waals surface area contributed by atoms with Gasteiger partial charge in [-0.25, -0.2) is 0 Å². The molecule has 1 aliphatic rings. The first-order valence-corrected chi connectivity index (χ1v) is 8.53. The van der Waals surface area contributed by atoms with Gasteiger partial charge in [0.1, 0.15) is 0 Å². The molecule has 0 aliphatic carbocycles. The number of anilines is 1. The predicted molar refractivity (Wildman–Crippen MR) is 94.1 cm³/mol. The number of hydrogen-bond donors (Lipinski definition) is 1. The van der Waals surface area contributed by atoms with Crippen LogP contribution in [0.4, 0.5) is 5.69 Å². The quantitative estimate of drug-likeness (QED) is 0.789. The molecule has 6 heteroatoms. The van der Waals surface area contributed by atoms with Gasteiger partial charge >= 0.3 is 0 Å². The van der Waals surface area contributed by atoms with E-state index in [0.29, 0.717) is 5.82 Å². The van der Waals surface area contributed by atoms with Gasteiger partial charge in [-0.05, 0) is 18.9 Å². The smallest absolute Gasteiger partial charge is 0.230 e. The van der Waals surface area contributed by atoms with Gasteiger partial charge in [0.2, 0.25) is 11.7 Å². The van der Waals surface area contributed by atoms with E-state index in [1.807, 2.05) is 36.4 Å². The summed E-state index contributed by atoms with van der Waals surface area (Å²) in [5, 5.41) is 13.6. The van der Waals surface area contributed by atoms with Crippen molar-refractivity contribution in [2.45, 2.75) is 25.4 Å². The molecular weight excluding hydrogens is 316 g/mol. The second-order valence-corrected chi connectivity index (χ2v) is 6.25. The summed E-state index contributed by atoms with van der Waals surface area (Å²) in [5.41, 5.74) is 2.90. The molecular formula is C19H20N4O2. The number of benzene rings is 1. The highest BCUT2D eigenvalue weighted by Gasteiger charge is 2.26. The number of rotatable bonds is 4. The first-order chi connectivity index (χ1) is 12.3. The minimum atomic E-state index is 0.00714. The normalized spacial score (nSPS) is 15.5. The average Bonchev–Trinajstić information content (AvgIpc) is 3.19. The van der Waals surface area contributed by atoms with E-state index in [4.69, 9.17) is 4.52 Å². The van der Waals surface area contributed by atoms with Gasteiger partial charge in [0.05, 0.1) is 6.61 Å². The van der Waals surface area contributed by atoms with E-state index in [-0.39, 0.29) is 12.5 Å². The zero-order valence-electron chi connectivity index (χ0n) is 13.9. The van der Waals surface area contributed by atoms with Crippen molar-refractivity contribution >= 4 is 5.69 Å². The first kappa shape index (κ1) is 15.8. The Bertz CT molecular complexity index is 826. The standard InChI is InChI=1S/C19H20N4O2/c24-13-16-12-20-9-6-17(16)23-10-7-15(8-11-23)19-21-18(22-25-19)14-4-2-1-3-5-14/h1-6,9,12,15,24H,7-8,10-11,13H2. The number of aliphatic hydroxyl groups excluding tert-OH is 1. The van der Waals surface area contributed by atoms with Gasteiger partial charge in [-0.15, -0.1) is 0 Å². The summed E-state index contributed by atoms with van der Waals surface area (Å²) in [6.45, 7) is 1.79. The molecule has 0 radical (unpaired) electrons. The van der Waals surface area contributed by atoms with Crippen molar-refractivity contribution in [3.8, 4) is 11.4 Å². The fraction of sp³-hybridized carbons (Fsp3) is 0.316. The monoisotopic (exact) mass is 336 g/mol. The highest BCUT2D eigenvalue weighted by Crippen LogP contribution is 2.31. The van der Waals surface area contributed by atoms with E-state index < -0.39 is 0 Å². The van der Waals surface area contributed by atoms with Crippen molar-refractivity contribution in [1.82, 2.24) is 15.1 Å². The molecule has 3 heterocycles. The summed E-state index contributed by atoms with van der Waals surface area (Å²) >= 11 is 0. The van der Waals surface area contributed by atoms with Gasteiger partial charge in [0.15, 0.2) is 0 Å². The van der Waals surface area contributed by atoms with Gasteiger partial charge in [-0.1, -0.05) is 35.5 Å². The van der Waals surface area contributed by atoms with Crippen LogP contribution in [0.2, 0.25) is 0 Å². The lowest BCUT2D eigenvalue weighted by molar-refractivity contribution is 0.281. The summed E-state index contributed by atoms with van der Waals surface area (Å²) in [5.74, 6) is 1.64. The molecule has 3 aromatic rings. The lowest BCUT2D eigenvalue weighted by Gasteiger charge is -2.33. The van der Waals surface area contributed by atoms with Crippen LogP contribution in [0.25, 0.3) is 11.4 Å². The second-order valence-electron chi connectivity index (χ2n) is 6.25. The van der Waals surface area contributed by atoms with E-state index in [1.165, 1.54) is 0 Å². The molecule has 0 unspecified atom stereocenters. The van der Waals surface area contributed by atoms with Crippen LogP contribution in [0.3, 0.4) is 0 Å². The Balaban J connectivity index is 1.45. The number of piperidine rings is 1. The van der Waals surface area contributed by atoms with Gasteiger partial charge < -0.3 is 14.5 Å². The number of pyridine rings is 1. The number of aliphatic hydroxyl groups is 1. The topological polar surface area (TPSA) is 75.3 Å². The summed E-state index contributed by atoms with van der Waals surface area (Å²) < 4.78 is 5.51. The van der Waals surface area contributed by atoms with Gasteiger partial charge in [0, 0.05) is 48.2 Å². The molecule has 6 nitrogen and oxygen atoms in total. The molecule has 0 atom stereocenters. The maximum Gasteiger partial charge on any atom is 0.230 e. The zero-order chi connectivity index (χ0) is 17.1. The van der Waals surface area contributed by atoms with Crippen LogP contribution >= 0.6 is 0 Å². The Morgan fingerprint density at radius 1 is 1.12 bits per heavy atom. The van der Waals surface area contributed by atoms with Gasteiger partial charge in [-0.3, -0.25) is 4.98 Å². The highest BCUT2D eigenvalue weighted by atomic mass is 16.5. The Kier molecular flexibility index (Phi) is 4.43. The van der Waals surface area contributed by atoms with Crippen LogP contribution in [0.1, 0.15) is 30.2 Å². The van der Waals surface area contributed by atoms with Gasteiger partial charge in [-0.2, -0.15) is 4.98 Å². The summed E-state index contributed by atoms with van der Waals surface area (Å²) in [6, 6.07) is 11.8. The minimum Gasteiger partial charge on any atom is -0.392 e. The van der Waals surface area contributed by atoms with Crippen LogP contribution in [0.15, 0.2) is 53.3 Å². The minimum absolute atomic E-state index is 0.00714. The molecule has 4 rings (SSSR count). The summed E-state index contributed by atoms with van der Waals surface area (Å²) in [7, 11) is 0. The third-order valence-corrected chi connectivity index (χ3v) is 4.71. The molecule has 0 bridgehead atoms. The SMILES string of the molecule is OCc1cnccc1N1CCC(c2nc(-c3ccccc3)no2)CC1. The molecule has 1 N–H and O–H groups in total. The fourth-order valence-corrected chi connectivity index (χ4v) is 3.32. The molecule has 1 saturated heterocycles. The molecule has 25 heavy (non-hydrogen) atoms. The molecule has 1 aliphatic heterocycles. The third kappa shape index (κ3) is 3.25. The molecule has 1 aromatic carbocycles. The lowest BCUT2D eigenvalue weighted by Crippen LogP contribution is -2.33. The fourth-order valence-electron chi connectivity index (χ4n) is 3.32. The molecule has 2 aromatic heterocycles. The second kappa shape index (κ2) is 7.03. The van der Waals surface area contributed by atoms with E-state index in [9.17, 15) is 5.11 Å². The van der Waals surface area contributed by atoms with Crippen molar-refractivity contribution in [3.63, 3.8) is 0 Å². The third-order valence-electron chi connectivity index (χ3n) is 4.71. The van der Waals surface area contributed by atoms with Crippen LogP contribution in [-0.2, 0) is 6.61 Å². The van der Waals surface area contributed by atoms with Crippen molar-refractivity contribution < 1.29 is 9.63 Å². The van der Waals surface area contributed by atoms with Crippen molar-refractivity contribution in [3.05, 3.63) is 60.2 Å². The molecule has 1 fully saturated rings. The molecule has 128 valence electrons. The van der Waals surface area contributed by atoms with E-state index in [0.717, 1.165) is 48.6 Å². The van der Waals surface area contributed by atoms with E-state index >= 15 is 0 Å². The summed E-state index contributed by atoms with van der Waals surface area (Å²) in [4.78, 5) is 11.0. The lowest BCUT2D eigenvalue weighted by atomic mass is 9.96. The maximum atomic E-state index is 9.49. The Labute approximate surface area is 146 Å². The largest absolute Gasteiger partial charge is 0.392 e. The molecule has 0 saturated carbocycles. The molecule has 0 amide bonds. The van der Waals surface area contributed by atoms with Crippen molar-refractivity contribution in [2.24, 2.45) is 0 Å². The maximum absolute atomic E-state index is 9.49. The molecule has 0 spiro atoms. The summed E-state index contributed by atoms with van der Waals surface area (Å²) in [6.07, 6.45) is 5.39. The van der Waals surface area contributed by atoms with Crippen molar-refractivity contribution in [1.29, 1.82) is 0 Å². The Hall–Kier alpha value is -2.73. The van der Waals surface area contributed by atoms with Crippen molar-refractivity contribution in [2.75, 3.05) is 18.0 Å². The average molecular weight is 336 g/mol. The first-order valence-electron chi connectivity index (χ1n) is 8.53. The predicted octanol–water partition coefficient (Wildman–Crippen LogP) is 3.01.